The average molecular weight is 441 g/mol. The maximum absolute atomic E-state index is 13.2. The van der Waals surface area contributed by atoms with Gasteiger partial charge in [0.25, 0.3) is 0 Å². The largest absolute Gasteiger partial charge is 0.465 e. The number of rotatable bonds is 4. The third-order valence-corrected chi connectivity index (χ3v) is 15.0. The first-order valence-electron chi connectivity index (χ1n) is 10.9. The molecular formula is C22H36O3S2Si. The van der Waals surface area contributed by atoms with Crippen molar-refractivity contribution in [3.63, 3.8) is 0 Å². The molecule has 4 aliphatic rings. The Balaban J connectivity index is 1.77. The van der Waals surface area contributed by atoms with Gasteiger partial charge in [-0.2, -0.15) is 0 Å². The van der Waals surface area contributed by atoms with Crippen molar-refractivity contribution in [2.45, 2.75) is 69.9 Å². The van der Waals surface area contributed by atoms with Crippen LogP contribution in [0.5, 0.6) is 0 Å². The Morgan fingerprint density at radius 1 is 1.21 bits per heavy atom. The van der Waals surface area contributed by atoms with Crippen molar-refractivity contribution in [3.05, 3.63) is 12.2 Å². The Labute approximate surface area is 180 Å². The minimum atomic E-state index is -1.83. The summed E-state index contributed by atoms with van der Waals surface area (Å²) in [6.07, 6.45) is 7.17. The summed E-state index contributed by atoms with van der Waals surface area (Å²) in [4.78, 5) is 13.2. The van der Waals surface area contributed by atoms with Crippen LogP contribution in [0.25, 0.3) is 0 Å². The van der Waals surface area contributed by atoms with E-state index in [0.717, 1.165) is 12.8 Å². The number of cyclic esters (lactones) is 1. The quantitative estimate of drug-likeness (QED) is 0.324. The Hall–Kier alpha value is 0.0869. The van der Waals surface area contributed by atoms with Gasteiger partial charge in [0.05, 0.1) is 22.0 Å². The smallest absolute Gasteiger partial charge is 0.310 e. The molecule has 28 heavy (non-hydrogen) atoms. The lowest BCUT2D eigenvalue weighted by atomic mass is 9.48. The maximum atomic E-state index is 13.2. The normalized spacial score (nSPS) is 40.5. The van der Waals surface area contributed by atoms with Crippen LogP contribution in [-0.2, 0) is 14.0 Å². The zero-order chi connectivity index (χ0) is 20.3. The van der Waals surface area contributed by atoms with Crippen LogP contribution >= 0.6 is 23.5 Å². The Bertz CT molecular complexity index is 656. The van der Waals surface area contributed by atoms with E-state index in [-0.39, 0.29) is 34.7 Å². The Morgan fingerprint density at radius 2 is 1.89 bits per heavy atom. The van der Waals surface area contributed by atoms with E-state index in [1.807, 2.05) is 23.5 Å². The number of ether oxygens (including phenoxy) is 1. The lowest BCUT2D eigenvalue weighted by Crippen LogP contribution is -2.61. The van der Waals surface area contributed by atoms with Gasteiger partial charge in [0, 0.05) is 17.4 Å². The van der Waals surface area contributed by atoms with Crippen LogP contribution in [0.3, 0.4) is 0 Å². The van der Waals surface area contributed by atoms with Crippen LogP contribution < -0.4 is 0 Å². The van der Waals surface area contributed by atoms with E-state index in [2.05, 4.69) is 52.9 Å². The first-order chi connectivity index (χ1) is 13.1. The summed E-state index contributed by atoms with van der Waals surface area (Å²) >= 11 is 4.05. The van der Waals surface area contributed by atoms with Gasteiger partial charge in [0.2, 0.25) is 0 Å². The highest BCUT2D eigenvalue weighted by Gasteiger charge is 2.68. The van der Waals surface area contributed by atoms with Crippen LogP contribution in [0.15, 0.2) is 12.2 Å². The molecule has 0 N–H and O–H groups in total. The molecule has 0 amide bonds. The fourth-order valence-electron chi connectivity index (χ4n) is 5.85. The number of allylic oxidation sites excluding steroid dienone is 2. The van der Waals surface area contributed by atoms with Gasteiger partial charge in [0.1, 0.15) is 6.61 Å². The lowest BCUT2D eigenvalue weighted by molar-refractivity contribution is -0.144. The van der Waals surface area contributed by atoms with Gasteiger partial charge in [-0.25, -0.2) is 0 Å². The van der Waals surface area contributed by atoms with Gasteiger partial charge in [-0.15, -0.1) is 23.5 Å². The van der Waals surface area contributed by atoms with Crippen molar-refractivity contribution in [2.24, 2.45) is 28.6 Å². The molecule has 1 spiro atoms. The molecule has 2 aliphatic heterocycles. The first kappa shape index (κ1) is 21.3. The predicted octanol–water partition coefficient (Wildman–Crippen LogP) is 5.57. The number of hydrogen-bond acceptors (Lipinski definition) is 5. The van der Waals surface area contributed by atoms with Crippen LogP contribution in [0.1, 0.15) is 40.5 Å². The molecule has 0 bridgehead atoms. The molecule has 1 saturated carbocycles. The van der Waals surface area contributed by atoms with E-state index < -0.39 is 8.32 Å². The molecule has 3 nitrogen and oxygen atoms in total. The van der Waals surface area contributed by atoms with Crippen LogP contribution in [0, 0.1) is 28.6 Å². The van der Waals surface area contributed by atoms with Crippen LogP contribution in [0.4, 0.5) is 0 Å². The van der Waals surface area contributed by atoms with Gasteiger partial charge in [-0.1, -0.05) is 39.8 Å². The van der Waals surface area contributed by atoms with Gasteiger partial charge in [-0.05, 0) is 42.8 Å². The summed E-state index contributed by atoms with van der Waals surface area (Å²) in [5, 5.41) is 0. The predicted molar refractivity (Wildman–Crippen MR) is 122 cm³/mol. The van der Waals surface area contributed by atoms with E-state index in [0.29, 0.717) is 22.6 Å². The third-order valence-electron chi connectivity index (χ3n) is 8.08. The molecule has 2 heterocycles. The molecule has 5 atom stereocenters. The topological polar surface area (TPSA) is 35.5 Å². The molecule has 4 rings (SSSR count). The minimum absolute atomic E-state index is 0.0303. The standard InChI is InChI=1S/C22H36O3S2Si/c1-14(2)28(5,6)25-17-9-10-21(3,4)16-8-7-15(20-26-11-12-27-20)18-19(23)24-13-22(16,17)18/h7-8,14-18,20H,9-13H2,1-6H3/t15-,16-,17-,18+,22+/m0/s1. The molecule has 0 radical (unpaired) electrons. The summed E-state index contributed by atoms with van der Waals surface area (Å²) in [5.74, 6) is 2.98. The first-order valence-corrected chi connectivity index (χ1v) is 15.9. The molecule has 0 aromatic heterocycles. The van der Waals surface area contributed by atoms with Crippen molar-refractivity contribution < 1.29 is 14.0 Å². The number of hydrogen-bond donors (Lipinski definition) is 0. The highest BCUT2D eigenvalue weighted by molar-refractivity contribution is 8.20. The van der Waals surface area contributed by atoms with E-state index in [1.165, 1.54) is 11.5 Å². The molecule has 0 aromatic rings. The fraction of sp³-hybridized carbons (Fsp3) is 0.864. The van der Waals surface area contributed by atoms with E-state index in [9.17, 15) is 4.79 Å². The molecule has 6 heteroatoms. The second-order valence-corrected chi connectivity index (χ2v) is 18.0. The zero-order valence-electron chi connectivity index (χ0n) is 18.2. The molecule has 2 aliphatic carbocycles. The van der Waals surface area contributed by atoms with Crippen LogP contribution in [-0.4, -0.2) is 43.1 Å². The Kier molecular flexibility index (Phi) is 5.60. The molecule has 3 fully saturated rings. The highest BCUT2D eigenvalue weighted by Crippen LogP contribution is 2.64. The van der Waals surface area contributed by atoms with E-state index in [1.54, 1.807) is 0 Å². The second-order valence-electron chi connectivity index (χ2n) is 10.6. The number of thioether (sulfide) groups is 2. The van der Waals surface area contributed by atoms with E-state index in [4.69, 9.17) is 9.16 Å². The Morgan fingerprint density at radius 3 is 2.54 bits per heavy atom. The molecular weight excluding hydrogens is 404 g/mol. The highest BCUT2D eigenvalue weighted by atomic mass is 32.2. The number of esters is 1. The summed E-state index contributed by atoms with van der Waals surface area (Å²) in [6.45, 7) is 14.6. The van der Waals surface area contributed by atoms with Gasteiger partial charge >= 0.3 is 5.97 Å². The molecule has 0 aromatic carbocycles. The molecule has 2 saturated heterocycles. The number of carbonyl (C=O) groups excluding carboxylic acids is 1. The van der Waals surface area contributed by atoms with Crippen molar-refractivity contribution >= 4 is 37.8 Å². The fourth-order valence-corrected chi connectivity index (χ4v) is 10.3. The summed E-state index contributed by atoms with van der Waals surface area (Å²) in [7, 11) is -1.83. The third kappa shape index (κ3) is 3.25. The average Bonchev–Trinajstić information content (AvgIpc) is 3.26. The molecule has 158 valence electrons. The van der Waals surface area contributed by atoms with E-state index >= 15 is 0 Å². The monoisotopic (exact) mass is 440 g/mol. The number of carbonyl (C=O) groups is 1. The summed E-state index contributed by atoms with van der Waals surface area (Å²) in [5.41, 5.74) is 0.540. The van der Waals surface area contributed by atoms with Gasteiger partial charge in [-0.3, -0.25) is 4.79 Å². The second kappa shape index (κ2) is 7.35. The summed E-state index contributed by atoms with van der Waals surface area (Å²) in [6, 6.07) is 0. The summed E-state index contributed by atoms with van der Waals surface area (Å²) < 4.78 is 13.4. The molecule has 0 unspecified atom stereocenters. The maximum Gasteiger partial charge on any atom is 0.310 e. The van der Waals surface area contributed by atoms with Crippen molar-refractivity contribution in [2.75, 3.05) is 18.1 Å². The van der Waals surface area contributed by atoms with Gasteiger partial charge in [0.15, 0.2) is 8.32 Å². The van der Waals surface area contributed by atoms with Gasteiger partial charge < -0.3 is 9.16 Å². The zero-order valence-corrected chi connectivity index (χ0v) is 20.8. The van der Waals surface area contributed by atoms with Crippen LogP contribution in [0.2, 0.25) is 18.6 Å². The van der Waals surface area contributed by atoms with Crippen molar-refractivity contribution in [1.29, 1.82) is 0 Å². The minimum Gasteiger partial charge on any atom is -0.465 e. The SMILES string of the molecule is CC(C)[Si](C)(C)O[C@H]1CCC(C)(C)[C@@H]2C=C[C@H](C3SCCS3)[C@@H]3C(=O)OC[C@@]132. The van der Waals surface area contributed by atoms with Crippen molar-refractivity contribution in [1.82, 2.24) is 0 Å². The van der Waals surface area contributed by atoms with Crippen molar-refractivity contribution in [3.8, 4) is 0 Å². The lowest BCUT2D eigenvalue weighted by Gasteiger charge is -2.58.